The highest BCUT2D eigenvalue weighted by molar-refractivity contribution is 6.30. The number of nitrogens with zero attached hydrogens (tertiary/aromatic N) is 2. The van der Waals surface area contributed by atoms with Crippen LogP contribution in [-0.4, -0.2) is 48.4 Å². The fraction of sp³-hybridized carbons (Fsp3) is 0.409. The number of nitriles is 1. The summed E-state index contributed by atoms with van der Waals surface area (Å²) in [4.78, 5) is 2.45. The summed E-state index contributed by atoms with van der Waals surface area (Å²) in [5.74, 6) is 0.661. The molecule has 0 radical (unpaired) electrons. The van der Waals surface area contributed by atoms with Gasteiger partial charge in [-0.05, 0) is 67.9 Å². The van der Waals surface area contributed by atoms with Crippen LogP contribution in [0.1, 0.15) is 24.0 Å². The highest BCUT2D eigenvalue weighted by Crippen LogP contribution is 2.16. The fourth-order valence-electron chi connectivity index (χ4n) is 3.32. The first-order valence-electron chi connectivity index (χ1n) is 9.63. The molecule has 1 unspecified atom stereocenters. The number of piperidine rings is 1. The van der Waals surface area contributed by atoms with E-state index in [2.05, 4.69) is 28.4 Å². The van der Waals surface area contributed by atoms with E-state index in [1.165, 1.54) is 5.56 Å². The average molecular weight is 400 g/mol. The lowest BCUT2D eigenvalue weighted by molar-refractivity contribution is 0.0979. The minimum atomic E-state index is -0.567. The molecule has 0 spiro atoms. The number of halogens is 1. The Balaban J connectivity index is 1.32. The number of ether oxygens (including phenoxy) is 1. The van der Waals surface area contributed by atoms with Crippen molar-refractivity contribution in [3.05, 3.63) is 64.7 Å². The maximum atomic E-state index is 10.2. The van der Waals surface area contributed by atoms with Gasteiger partial charge >= 0.3 is 0 Å². The van der Waals surface area contributed by atoms with Crippen molar-refractivity contribution >= 4 is 11.6 Å². The van der Waals surface area contributed by atoms with Crippen molar-refractivity contribution in [3.63, 3.8) is 0 Å². The van der Waals surface area contributed by atoms with Crippen molar-refractivity contribution in [2.24, 2.45) is 0 Å². The number of aliphatic hydroxyl groups excluding tert-OH is 1. The molecule has 2 aromatic carbocycles. The summed E-state index contributed by atoms with van der Waals surface area (Å²) < 4.78 is 5.58. The van der Waals surface area contributed by atoms with Gasteiger partial charge in [0.05, 0.1) is 11.6 Å². The minimum absolute atomic E-state index is 0.230. The SMILES string of the molecule is N#Cc1ccc(OCC(O)CNC2CCN(Cc3ccc(Cl)cc3)CC2)cc1. The third-order valence-corrected chi connectivity index (χ3v) is 5.23. The molecule has 2 N–H and O–H groups in total. The molecule has 1 fully saturated rings. The molecule has 0 amide bonds. The lowest BCUT2D eigenvalue weighted by Gasteiger charge is -2.33. The first-order chi connectivity index (χ1) is 13.6. The highest BCUT2D eigenvalue weighted by Gasteiger charge is 2.19. The van der Waals surface area contributed by atoms with Crippen LogP contribution in [0.3, 0.4) is 0 Å². The van der Waals surface area contributed by atoms with E-state index >= 15 is 0 Å². The van der Waals surface area contributed by atoms with E-state index in [1.807, 2.05) is 12.1 Å². The average Bonchev–Trinajstić information content (AvgIpc) is 2.74. The van der Waals surface area contributed by atoms with Crippen molar-refractivity contribution in [1.82, 2.24) is 10.2 Å². The van der Waals surface area contributed by atoms with Gasteiger partial charge < -0.3 is 15.2 Å². The smallest absolute Gasteiger partial charge is 0.119 e. The van der Waals surface area contributed by atoms with Crippen molar-refractivity contribution in [1.29, 1.82) is 5.26 Å². The Bertz CT molecular complexity index is 766. The number of likely N-dealkylation sites (tertiary alicyclic amines) is 1. The Morgan fingerprint density at radius 1 is 1.14 bits per heavy atom. The predicted molar refractivity (Wildman–Crippen MR) is 110 cm³/mol. The lowest BCUT2D eigenvalue weighted by Crippen LogP contribution is -2.45. The van der Waals surface area contributed by atoms with Gasteiger partial charge in [-0.2, -0.15) is 5.26 Å². The van der Waals surface area contributed by atoms with Crippen molar-refractivity contribution in [3.8, 4) is 11.8 Å². The molecule has 28 heavy (non-hydrogen) atoms. The van der Waals surface area contributed by atoms with E-state index in [9.17, 15) is 5.11 Å². The zero-order valence-electron chi connectivity index (χ0n) is 15.9. The third-order valence-electron chi connectivity index (χ3n) is 4.97. The van der Waals surface area contributed by atoms with Crippen LogP contribution in [0.25, 0.3) is 0 Å². The van der Waals surface area contributed by atoms with Gasteiger partial charge in [0.2, 0.25) is 0 Å². The summed E-state index contributed by atoms with van der Waals surface area (Å²) in [5.41, 5.74) is 1.88. The number of aliphatic hydroxyl groups is 1. The Hall–Kier alpha value is -2.10. The Kier molecular flexibility index (Phi) is 7.70. The van der Waals surface area contributed by atoms with E-state index in [0.29, 0.717) is 23.9 Å². The molecule has 0 aliphatic carbocycles. The van der Waals surface area contributed by atoms with Crippen LogP contribution < -0.4 is 10.1 Å². The molecule has 1 heterocycles. The van der Waals surface area contributed by atoms with Crippen molar-refractivity contribution in [2.45, 2.75) is 31.5 Å². The Morgan fingerprint density at radius 3 is 2.46 bits per heavy atom. The monoisotopic (exact) mass is 399 g/mol. The first-order valence-corrected chi connectivity index (χ1v) is 10.0. The van der Waals surface area contributed by atoms with E-state index in [-0.39, 0.29) is 6.61 Å². The topological polar surface area (TPSA) is 68.5 Å². The summed E-state index contributed by atoms with van der Waals surface area (Å²) in [7, 11) is 0. The summed E-state index contributed by atoms with van der Waals surface area (Å²) >= 11 is 5.94. The highest BCUT2D eigenvalue weighted by atomic mass is 35.5. The van der Waals surface area contributed by atoms with Gasteiger partial charge in [0.15, 0.2) is 0 Å². The normalized spacial score (nSPS) is 16.5. The van der Waals surface area contributed by atoms with E-state index in [0.717, 1.165) is 37.5 Å². The summed E-state index contributed by atoms with van der Waals surface area (Å²) in [6.45, 7) is 3.77. The minimum Gasteiger partial charge on any atom is -0.491 e. The van der Waals surface area contributed by atoms with Crippen LogP contribution in [0.15, 0.2) is 48.5 Å². The van der Waals surface area contributed by atoms with Gasteiger partial charge in [-0.15, -0.1) is 0 Å². The van der Waals surface area contributed by atoms with Crippen molar-refractivity contribution < 1.29 is 9.84 Å². The van der Waals surface area contributed by atoms with Gasteiger partial charge in [0, 0.05) is 24.2 Å². The second kappa shape index (κ2) is 10.4. The summed E-state index contributed by atoms with van der Waals surface area (Å²) in [6.07, 6.45) is 1.57. The molecule has 0 bridgehead atoms. The fourth-order valence-corrected chi connectivity index (χ4v) is 3.45. The van der Waals surface area contributed by atoms with Crippen LogP contribution in [0.4, 0.5) is 0 Å². The molecular weight excluding hydrogens is 374 g/mol. The number of rotatable bonds is 8. The van der Waals surface area contributed by atoms with Gasteiger partial charge in [-0.25, -0.2) is 0 Å². The number of benzene rings is 2. The van der Waals surface area contributed by atoms with E-state index in [1.54, 1.807) is 24.3 Å². The number of nitrogens with one attached hydrogen (secondary N) is 1. The van der Waals surface area contributed by atoms with Gasteiger partial charge in [0.25, 0.3) is 0 Å². The zero-order valence-corrected chi connectivity index (χ0v) is 16.6. The van der Waals surface area contributed by atoms with Crippen molar-refractivity contribution in [2.75, 3.05) is 26.2 Å². The second-order valence-electron chi connectivity index (χ2n) is 7.19. The molecule has 0 aromatic heterocycles. The summed E-state index contributed by atoms with van der Waals surface area (Å²) in [5, 5.41) is 23.2. The van der Waals surface area contributed by atoms with Crippen LogP contribution >= 0.6 is 11.6 Å². The number of hydrogen-bond acceptors (Lipinski definition) is 5. The Labute approximate surface area is 171 Å². The van der Waals surface area contributed by atoms with E-state index < -0.39 is 6.10 Å². The number of hydrogen-bond donors (Lipinski definition) is 2. The molecule has 2 aromatic rings. The maximum absolute atomic E-state index is 10.2. The Morgan fingerprint density at radius 2 is 1.82 bits per heavy atom. The molecule has 1 atom stereocenters. The van der Waals surface area contributed by atoms with Crippen LogP contribution in [0.2, 0.25) is 5.02 Å². The third kappa shape index (κ3) is 6.50. The lowest BCUT2D eigenvalue weighted by atomic mass is 10.0. The largest absolute Gasteiger partial charge is 0.491 e. The standard InChI is InChI=1S/C22H26ClN3O2/c23-19-5-1-18(2-6-19)15-26-11-9-20(10-12-26)25-14-21(27)16-28-22-7-3-17(13-24)4-8-22/h1-8,20-21,25,27H,9-12,14-16H2. The van der Waals surface area contributed by atoms with Gasteiger partial charge in [-0.1, -0.05) is 23.7 Å². The van der Waals surface area contributed by atoms with Crippen LogP contribution in [0.5, 0.6) is 5.75 Å². The molecule has 5 nitrogen and oxygen atoms in total. The molecule has 3 rings (SSSR count). The molecule has 148 valence electrons. The zero-order chi connectivity index (χ0) is 19.8. The molecule has 1 aliphatic heterocycles. The molecule has 1 saturated heterocycles. The quantitative estimate of drug-likeness (QED) is 0.713. The maximum Gasteiger partial charge on any atom is 0.119 e. The molecule has 1 aliphatic rings. The first kappa shape index (κ1) is 20.6. The molecule has 0 saturated carbocycles. The van der Waals surface area contributed by atoms with Gasteiger partial charge in [-0.3, -0.25) is 4.90 Å². The predicted octanol–water partition coefficient (Wildman–Crippen LogP) is 3.21. The summed E-state index contributed by atoms with van der Waals surface area (Å²) in [6, 6.07) is 17.4. The molecular formula is C22H26ClN3O2. The van der Waals surface area contributed by atoms with E-state index in [4.69, 9.17) is 21.6 Å². The molecule has 6 heteroatoms. The van der Waals surface area contributed by atoms with Crippen LogP contribution in [-0.2, 0) is 6.54 Å². The van der Waals surface area contributed by atoms with Crippen LogP contribution in [0, 0.1) is 11.3 Å². The second-order valence-corrected chi connectivity index (χ2v) is 7.62. The van der Waals surface area contributed by atoms with Gasteiger partial charge in [0.1, 0.15) is 18.5 Å².